The van der Waals surface area contributed by atoms with Crippen molar-refractivity contribution in [1.29, 1.82) is 0 Å². The number of methoxy groups -OCH3 is 1. The topological polar surface area (TPSA) is 49.9 Å². The van der Waals surface area contributed by atoms with Gasteiger partial charge < -0.3 is 14.5 Å². The van der Waals surface area contributed by atoms with Crippen LogP contribution in [-0.4, -0.2) is 25.0 Å². The van der Waals surface area contributed by atoms with Crippen LogP contribution in [0.4, 0.5) is 11.4 Å². The lowest BCUT2D eigenvalue weighted by Crippen LogP contribution is -2.47. The Labute approximate surface area is 223 Å². The summed E-state index contributed by atoms with van der Waals surface area (Å²) in [6, 6.07) is 34.2. The SMILES string of the molecule is COc1ccc(/C=C/C(=O)N2c3ccccc3[C@@H](N(C(=O)c3ccccc3)c3ccccc3)C[C@@H]2C)cc1. The molecule has 4 aromatic rings. The lowest BCUT2D eigenvalue weighted by atomic mass is 9.89. The minimum atomic E-state index is -0.231. The summed E-state index contributed by atoms with van der Waals surface area (Å²) in [5.41, 5.74) is 4.14. The van der Waals surface area contributed by atoms with Crippen molar-refractivity contribution < 1.29 is 14.3 Å². The quantitative estimate of drug-likeness (QED) is 0.269. The summed E-state index contributed by atoms with van der Waals surface area (Å²) in [5.74, 6) is 0.606. The van der Waals surface area contributed by atoms with Crippen LogP contribution >= 0.6 is 0 Å². The fraction of sp³-hybridized carbons (Fsp3) is 0.152. The summed E-state index contributed by atoms with van der Waals surface area (Å²) in [5, 5.41) is 0. The number of nitrogens with zero attached hydrogens (tertiary/aromatic N) is 2. The van der Waals surface area contributed by atoms with Crippen molar-refractivity contribution in [2.24, 2.45) is 0 Å². The van der Waals surface area contributed by atoms with Crippen LogP contribution in [0.1, 0.15) is 40.9 Å². The van der Waals surface area contributed by atoms with Gasteiger partial charge in [0.05, 0.1) is 13.2 Å². The monoisotopic (exact) mass is 502 g/mol. The Hall–Kier alpha value is -4.64. The fourth-order valence-electron chi connectivity index (χ4n) is 5.07. The average Bonchev–Trinajstić information content (AvgIpc) is 2.97. The lowest BCUT2D eigenvalue weighted by molar-refractivity contribution is -0.114. The minimum Gasteiger partial charge on any atom is -0.497 e. The van der Waals surface area contributed by atoms with E-state index in [9.17, 15) is 9.59 Å². The van der Waals surface area contributed by atoms with Crippen LogP contribution in [0, 0.1) is 0 Å². The molecule has 0 aromatic heterocycles. The summed E-state index contributed by atoms with van der Waals surface area (Å²) >= 11 is 0. The molecule has 0 saturated heterocycles. The van der Waals surface area contributed by atoms with E-state index in [0.717, 1.165) is 28.3 Å². The molecular formula is C33H30N2O3. The molecule has 0 unspecified atom stereocenters. The van der Waals surface area contributed by atoms with Crippen LogP contribution in [-0.2, 0) is 4.79 Å². The fourth-order valence-corrected chi connectivity index (χ4v) is 5.07. The van der Waals surface area contributed by atoms with Gasteiger partial charge in [0.1, 0.15) is 5.75 Å². The minimum absolute atomic E-state index is 0.0667. The molecule has 0 radical (unpaired) electrons. The number of carbonyl (C=O) groups excluding carboxylic acids is 2. The van der Waals surface area contributed by atoms with Crippen LogP contribution in [0.25, 0.3) is 6.08 Å². The first kappa shape index (κ1) is 25.0. The molecule has 1 aliphatic heterocycles. The Morgan fingerprint density at radius 3 is 2.16 bits per heavy atom. The van der Waals surface area contributed by atoms with Gasteiger partial charge in [-0.3, -0.25) is 9.59 Å². The smallest absolute Gasteiger partial charge is 0.258 e. The van der Waals surface area contributed by atoms with E-state index in [-0.39, 0.29) is 23.9 Å². The Morgan fingerprint density at radius 1 is 0.842 bits per heavy atom. The van der Waals surface area contributed by atoms with Gasteiger partial charge in [-0.25, -0.2) is 0 Å². The number of hydrogen-bond donors (Lipinski definition) is 0. The van der Waals surface area contributed by atoms with Crippen LogP contribution in [0.15, 0.2) is 115 Å². The van der Waals surface area contributed by atoms with Gasteiger partial charge in [-0.2, -0.15) is 0 Å². The van der Waals surface area contributed by atoms with Crippen molar-refractivity contribution in [2.75, 3.05) is 16.9 Å². The first-order valence-corrected chi connectivity index (χ1v) is 12.7. The third-order valence-electron chi connectivity index (χ3n) is 6.92. The third kappa shape index (κ3) is 5.09. The van der Waals surface area contributed by atoms with E-state index in [1.54, 1.807) is 13.2 Å². The van der Waals surface area contributed by atoms with Gasteiger partial charge in [0, 0.05) is 29.1 Å². The standard InChI is InChI=1S/C33H30N2O3/c1-24-23-31(35(27-13-7-4-8-14-27)33(37)26-11-5-3-6-12-26)29-15-9-10-16-30(29)34(24)32(36)22-19-25-17-20-28(38-2)21-18-25/h3-22,24,31H,23H2,1-2H3/b22-19+/t24-,31-/m0/s1. The van der Waals surface area contributed by atoms with Crippen LogP contribution < -0.4 is 14.5 Å². The van der Waals surface area contributed by atoms with Gasteiger partial charge in [-0.15, -0.1) is 0 Å². The molecule has 0 saturated carbocycles. The normalized spacial score (nSPS) is 16.6. The second-order valence-electron chi connectivity index (χ2n) is 9.35. The highest BCUT2D eigenvalue weighted by atomic mass is 16.5. The maximum Gasteiger partial charge on any atom is 0.258 e. The Morgan fingerprint density at radius 2 is 1.47 bits per heavy atom. The Kier molecular flexibility index (Phi) is 7.36. The van der Waals surface area contributed by atoms with E-state index in [2.05, 4.69) is 0 Å². The zero-order valence-electron chi connectivity index (χ0n) is 21.5. The molecule has 190 valence electrons. The van der Waals surface area contributed by atoms with Gasteiger partial charge in [0.15, 0.2) is 0 Å². The zero-order valence-corrected chi connectivity index (χ0v) is 21.5. The molecular weight excluding hydrogens is 472 g/mol. The highest BCUT2D eigenvalue weighted by molar-refractivity contribution is 6.08. The number of amides is 2. The maximum absolute atomic E-state index is 13.9. The van der Waals surface area contributed by atoms with E-state index < -0.39 is 0 Å². The maximum atomic E-state index is 13.9. The van der Waals surface area contributed by atoms with Crippen molar-refractivity contribution in [3.8, 4) is 5.75 Å². The third-order valence-corrected chi connectivity index (χ3v) is 6.92. The van der Waals surface area contributed by atoms with Crippen LogP contribution in [0.5, 0.6) is 5.75 Å². The molecule has 0 fully saturated rings. The predicted octanol–water partition coefficient (Wildman–Crippen LogP) is 6.92. The van der Waals surface area contributed by atoms with E-state index in [4.69, 9.17) is 4.74 Å². The molecule has 0 N–H and O–H groups in total. The van der Waals surface area contributed by atoms with Gasteiger partial charge in [-0.1, -0.05) is 66.7 Å². The largest absolute Gasteiger partial charge is 0.497 e. The number of para-hydroxylation sites is 2. The molecule has 38 heavy (non-hydrogen) atoms. The zero-order chi connectivity index (χ0) is 26.5. The van der Waals surface area contributed by atoms with E-state index in [0.29, 0.717) is 12.0 Å². The molecule has 0 spiro atoms. The number of hydrogen-bond acceptors (Lipinski definition) is 3. The summed E-state index contributed by atoms with van der Waals surface area (Å²) in [6.07, 6.45) is 4.03. The Balaban J connectivity index is 1.51. The first-order chi connectivity index (χ1) is 18.6. The number of anilines is 2. The second-order valence-corrected chi connectivity index (χ2v) is 9.35. The molecule has 4 aromatic carbocycles. The van der Waals surface area contributed by atoms with Crippen molar-refractivity contribution in [3.05, 3.63) is 132 Å². The number of carbonyl (C=O) groups is 2. The van der Waals surface area contributed by atoms with Crippen molar-refractivity contribution in [1.82, 2.24) is 0 Å². The molecule has 2 amide bonds. The van der Waals surface area contributed by atoms with E-state index >= 15 is 0 Å². The van der Waals surface area contributed by atoms with Gasteiger partial charge in [-0.05, 0) is 73.0 Å². The first-order valence-electron chi connectivity index (χ1n) is 12.7. The number of fused-ring (bicyclic) bond motifs is 1. The molecule has 5 nitrogen and oxygen atoms in total. The number of benzene rings is 4. The van der Waals surface area contributed by atoms with Crippen LogP contribution in [0.2, 0.25) is 0 Å². The molecule has 5 heteroatoms. The van der Waals surface area contributed by atoms with E-state index in [1.807, 2.05) is 132 Å². The second kappa shape index (κ2) is 11.2. The summed E-state index contributed by atoms with van der Waals surface area (Å²) in [4.78, 5) is 31.1. The highest BCUT2D eigenvalue weighted by Gasteiger charge is 2.38. The van der Waals surface area contributed by atoms with Gasteiger partial charge in [0.25, 0.3) is 11.8 Å². The number of rotatable bonds is 6. The van der Waals surface area contributed by atoms with Gasteiger partial charge in [0.2, 0.25) is 0 Å². The predicted molar refractivity (Wildman–Crippen MR) is 152 cm³/mol. The Bertz CT molecular complexity index is 1430. The average molecular weight is 503 g/mol. The van der Waals surface area contributed by atoms with E-state index in [1.165, 1.54) is 0 Å². The molecule has 2 atom stereocenters. The van der Waals surface area contributed by atoms with Crippen molar-refractivity contribution in [2.45, 2.75) is 25.4 Å². The number of ether oxygens (including phenoxy) is 1. The molecule has 1 heterocycles. The molecule has 0 aliphatic carbocycles. The van der Waals surface area contributed by atoms with Crippen molar-refractivity contribution in [3.63, 3.8) is 0 Å². The summed E-state index contributed by atoms with van der Waals surface area (Å²) < 4.78 is 5.22. The molecule has 5 rings (SSSR count). The summed E-state index contributed by atoms with van der Waals surface area (Å²) in [6.45, 7) is 2.04. The highest BCUT2D eigenvalue weighted by Crippen LogP contribution is 2.42. The van der Waals surface area contributed by atoms with Crippen LogP contribution in [0.3, 0.4) is 0 Å². The summed E-state index contributed by atoms with van der Waals surface area (Å²) in [7, 11) is 1.63. The van der Waals surface area contributed by atoms with Crippen molar-refractivity contribution >= 4 is 29.3 Å². The molecule has 0 bridgehead atoms. The van der Waals surface area contributed by atoms with Gasteiger partial charge >= 0.3 is 0 Å². The molecule has 1 aliphatic rings. The lowest BCUT2D eigenvalue weighted by Gasteiger charge is -2.43.